The fourth-order valence-electron chi connectivity index (χ4n) is 4.99. The minimum absolute atomic E-state index is 0.0819. The molecular weight excluding hydrogens is 523 g/mol. The van der Waals surface area contributed by atoms with E-state index < -0.39 is 0 Å². The van der Waals surface area contributed by atoms with Crippen molar-refractivity contribution in [3.8, 4) is 11.3 Å². The smallest absolute Gasteiger partial charge is 0.324 e. The molecule has 1 saturated heterocycles. The summed E-state index contributed by atoms with van der Waals surface area (Å²) in [6.45, 7) is 3.32. The summed E-state index contributed by atoms with van der Waals surface area (Å²) in [5, 5.41) is 7.68. The summed E-state index contributed by atoms with van der Waals surface area (Å²) in [6, 6.07) is 13.3. The average Bonchev–Trinajstić information content (AvgIpc) is 3.43. The number of halogens is 2. The molecule has 4 N–H and O–H groups in total. The van der Waals surface area contributed by atoms with Crippen molar-refractivity contribution in [3.63, 3.8) is 0 Å². The minimum atomic E-state index is -0.296. The number of benzene rings is 2. The SMILES string of the molecule is Nc1ncc(-c2cccc(CN3CCN[C@@H](C(=O)OC4CCCC4)C3)c2)nc1NCc1c(Cl)cccc1Cl. The lowest BCUT2D eigenvalue weighted by Crippen LogP contribution is -2.54. The molecule has 2 fully saturated rings. The van der Waals surface area contributed by atoms with E-state index >= 15 is 0 Å². The van der Waals surface area contributed by atoms with Crippen molar-refractivity contribution >= 4 is 40.8 Å². The number of rotatable bonds is 8. The first-order valence-electron chi connectivity index (χ1n) is 13.0. The van der Waals surface area contributed by atoms with E-state index in [1.54, 1.807) is 24.4 Å². The molecule has 2 aromatic carbocycles. The molecule has 5 rings (SSSR count). The molecular formula is C28H32Cl2N6O2. The van der Waals surface area contributed by atoms with Gasteiger partial charge in [-0.1, -0.05) is 47.5 Å². The lowest BCUT2D eigenvalue weighted by molar-refractivity contribution is -0.152. The maximum absolute atomic E-state index is 12.7. The van der Waals surface area contributed by atoms with Crippen molar-refractivity contribution in [2.75, 3.05) is 30.7 Å². The van der Waals surface area contributed by atoms with Gasteiger partial charge in [0.2, 0.25) is 0 Å². The van der Waals surface area contributed by atoms with Crippen molar-refractivity contribution in [2.24, 2.45) is 0 Å². The molecule has 200 valence electrons. The maximum atomic E-state index is 12.7. The van der Waals surface area contributed by atoms with Crippen LogP contribution in [0.3, 0.4) is 0 Å². The van der Waals surface area contributed by atoms with Gasteiger partial charge in [-0.05, 0) is 49.4 Å². The van der Waals surface area contributed by atoms with Gasteiger partial charge in [0.05, 0.1) is 11.9 Å². The number of carbonyl (C=O) groups excluding carboxylic acids is 1. The number of hydrogen-bond donors (Lipinski definition) is 3. The summed E-state index contributed by atoms with van der Waals surface area (Å²) < 4.78 is 5.73. The molecule has 2 heterocycles. The third kappa shape index (κ3) is 6.56. The molecule has 1 aliphatic carbocycles. The van der Waals surface area contributed by atoms with E-state index in [1.165, 1.54) is 0 Å². The van der Waals surface area contributed by atoms with Gasteiger partial charge < -0.3 is 21.1 Å². The molecule has 1 saturated carbocycles. The van der Waals surface area contributed by atoms with E-state index in [4.69, 9.17) is 38.7 Å². The molecule has 1 aromatic heterocycles. The van der Waals surface area contributed by atoms with E-state index in [0.717, 1.165) is 62.0 Å². The van der Waals surface area contributed by atoms with E-state index in [1.807, 2.05) is 12.1 Å². The first kappa shape index (κ1) is 26.7. The summed E-state index contributed by atoms with van der Waals surface area (Å²) in [4.78, 5) is 24.0. The second-order valence-corrected chi connectivity index (χ2v) is 10.6. The predicted octanol–water partition coefficient (Wildman–Crippen LogP) is 4.90. The van der Waals surface area contributed by atoms with Gasteiger partial charge in [-0.25, -0.2) is 9.97 Å². The molecule has 2 aliphatic rings. The standard InChI is InChI=1S/C28H32Cl2N6O2/c29-22-9-4-10-23(30)21(22)14-34-27-26(31)33-15-24(35-27)19-6-3-5-18(13-19)16-36-12-11-32-25(17-36)28(37)38-20-7-1-2-8-20/h3-6,9-10,13,15,20,25,32H,1-2,7-8,11-12,14,16-17H2,(H2,31,33)(H,34,35)/t25-/m1/s1. The first-order chi connectivity index (χ1) is 18.5. The highest BCUT2D eigenvalue weighted by atomic mass is 35.5. The van der Waals surface area contributed by atoms with Crippen LogP contribution in [0.5, 0.6) is 0 Å². The fraction of sp³-hybridized carbons (Fsp3) is 0.393. The van der Waals surface area contributed by atoms with Crippen LogP contribution < -0.4 is 16.4 Å². The predicted molar refractivity (Wildman–Crippen MR) is 151 cm³/mol. The van der Waals surface area contributed by atoms with Crippen molar-refractivity contribution in [1.82, 2.24) is 20.2 Å². The van der Waals surface area contributed by atoms with Crippen LogP contribution in [-0.4, -0.2) is 52.6 Å². The Morgan fingerprint density at radius 2 is 1.92 bits per heavy atom. The Hall–Kier alpha value is -2.91. The molecule has 8 nitrogen and oxygen atoms in total. The largest absolute Gasteiger partial charge is 0.461 e. The van der Waals surface area contributed by atoms with Crippen LogP contribution in [0.15, 0.2) is 48.7 Å². The number of ether oxygens (including phenoxy) is 1. The van der Waals surface area contributed by atoms with Crippen molar-refractivity contribution < 1.29 is 9.53 Å². The number of esters is 1. The molecule has 0 bridgehead atoms. The zero-order valence-corrected chi connectivity index (χ0v) is 22.6. The molecule has 1 atom stereocenters. The number of nitrogens with one attached hydrogen (secondary N) is 2. The van der Waals surface area contributed by atoms with Gasteiger partial charge >= 0.3 is 5.97 Å². The normalized spacial score (nSPS) is 18.4. The van der Waals surface area contributed by atoms with Gasteiger partial charge in [0.1, 0.15) is 12.1 Å². The number of nitrogens with two attached hydrogens (primary N) is 1. The maximum Gasteiger partial charge on any atom is 0.324 e. The van der Waals surface area contributed by atoms with Gasteiger partial charge in [0.15, 0.2) is 11.6 Å². The molecule has 3 aromatic rings. The van der Waals surface area contributed by atoms with Crippen LogP contribution in [0.25, 0.3) is 11.3 Å². The Morgan fingerprint density at radius 1 is 1.16 bits per heavy atom. The van der Waals surface area contributed by atoms with Crippen molar-refractivity contribution in [2.45, 2.75) is 50.9 Å². The Labute approximate surface area is 232 Å². The van der Waals surface area contributed by atoms with Gasteiger partial charge in [0, 0.05) is 53.9 Å². The average molecular weight is 556 g/mol. The number of piperazine rings is 1. The molecule has 1 aliphatic heterocycles. The number of anilines is 2. The third-order valence-corrected chi connectivity index (χ3v) is 7.76. The molecule has 0 unspecified atom stereocenters. The highest BCUT2D eigenvalue weighted by Crippen LogP contribution is 2.27. The number of nitrogen functional groups attached to an aromatic ring is 1. The Bertz CT molecular complexity index is 1260. The van der Waals surface area contributed by atoms with Gasteiger partial charge in [-0.2, -0.15) is 0 Å². The second kappa shape index (κ2) is 12.3. The van der Waals surface area contributed by atoms with Crippen LogP contribution >= 0.6 is 23.2 Å². The summed E-state index contributed by atoms with van der Waals surface area (Å²) in [7, 11) is 0. The topological polar surface area (TPSA) is 105 Å². The number of nitrogens with zero attached hydrogens (tertiary/aromatic N) is 3. The van der Waals surface area contributed by atoms with Crippen LogP contribution in [0.1, 0.15) is 36.8 Å². The van der Waals surface area contributed by atoms with E-state index in [-0.39, 0.29) is 18.1 Å². The molecule has 0 amide bonds. The molecule has 0 radical (unpaired) electrons. The fourth-order valence-corrected chi connectivity index (χ4v) is 5.52. The minimum Gasteiger partial charge on any atom is -0.461 e. The van der Waals surface area contributed by atoms with E-state index in [2.05, 4.69) is 32.7 Å². The van der Waals surface area contributed by atoms with Crippen LogP contribution in [0, 0.1) is 0 Å². The van der Waals surface area contributed by atoms with E-state index in [9.17, 15) is 4.79 Å². The van der Waals surface area contributed by atoms with Crippen molar-refractivity contribution in [3.05, 3.63) is 69.8 Å². The Balaban J connectivity index is 1.24. The number of hydrogen-bond acceptors (Lipinski definition) is 8. The highest BCUT2D eigenvalue weighted by Gasteiger charge is 2.29. The lowest BCUT2D eigenvalue weighted by Gasteiger charge is -2.33. The van der Waals surface area contributed by atoms with Crippen LogP contribution in [-0.2, 0) is 22.6 Å². The number of aromatic nitrogens is 2. The highest BCUT2D eigenvalue weighted by molar-refractivity contribution is 6.36. The monoisotopic (exact) mass is 554 g/mol. The Morgan fingerprint density at radius 3 is 2.71 bits per heavy atom. The van der Waals surface area contributed by atoms with Crippen molar-refractivity contribution in [1.29, 1.82) is 0 Å². The third-order valence-electron chi connectivity index (χ3n) is 7.05. The first-order valence-corrected chi connectivity index (χ1v) is 13.8. The molecule has 0 spiro atoms. The van der Waals surface area contributed by atoms with Gasteiger partial charge in [0.25, 0.3) is 0 Å². The van der Waals surface area contributed by atoms with Gasteiger partial charge in [-0.15, -0.1) is 0 Å². The molecule has 38 heavy (non-hydrogen) atoms. The summed E-state index contributed by atoms with van der Waals surface area (Å²) in [6.07, 6.45) is 6.00. The summed E-state index contributed by atoms with van der Waals surface area (Å²) in [5.41, 5.74) is 9.63. The van der Waals surface area contributed by atoms with Crippen LogP contribution in [0.4, 0.5) is 11.6 Å². The van der Waals surface area contributed by atoms with Gasteiger partial charge in [-0.3, -0.25) is 9.69 Å². The quantitative estimate of drug-likeness (QED) is 0.337. The second-order valence-electron chi connectivity index (χ2n) is 9.83. The summed E-state index contributed by atoms with van der Waals surface area (Å²) >= 11 is 12.6. The zero-order valence-electron chi connectivity index (χ0n) is 21.1. The zero-order chi connectivity index (χ0) is 26.5. The van der Waals surface area contributed by atoms with Crippen LogP contribution in [0.2, 0.25) is 10.0 Å². The lowest BCUT2D eigenvalue weighted by atomic mass is 10.1. The van der Waals surface area contributed by atoms with E-state index in [0.29, 0.717) is 40.5 Å². The molecule has 10 heteroatoms. The summed E-state index contributed by atoms with van der Waals surface area (Å²) in [5.74, 6) is 0.629. The Kier molecular flexibility index (Phi) is 8.64. The number of carbonyl (C=O) groups is 1.